The average Bonchev–Trinajstić information content (AvgIpc) is 3.41. The number of nitrogens with one attached hydrogen (secondary N) is 2. The monoisotopic (exact) mass is 469 g/mol. The molecular formula is C23H28ClN7O2. The molecular weight excluding hydrogens is 442 g/mol. The molecule has 33 heavy (non-hydrogen) atoms. The zero-order valence-corrected chi connectivity index (χ0v) is 19.7. The maximum atomic E-state index is 13.5. The number of halogens is 1. The van der Waals surface area contributed by atoms with Gasteiger partial charge in [-0.2, -0.15) is 10.1 Å². The van der Waals surface area contributed by atoms with Gasteiger partial charge in [0.05, 0.1) is 17.7 Å². The van der Waals surface area contributed by atoms with E-state index in [-0.39, 0.29) is 11.0 Å². The molecule has 3 aliphatic rings. The van der Waals surface area contributed by atoms with E-state index in [4.69, 9.17) is 21.3 Å². The summed E-state index contributed by atoms with van der Waals surface area (Å²) >= 11 is 6.66. The van der Waals surface area contributed by atoms with E-state index in [1.165, 1.54) is 0 Å². The second kappa shape index (κ2) is 7.70. The van der Waals surface area contributed by atoms with Crippen molar-refractivity contribution in [3.63, 3.8) is 0 Å². The van der Waals surface area contributed by atoms with Crippen molar-refractivity contribution in [1.82, 2.24) is 24.7 Å². The van der Waals surface area contributed by atoms with E-state index < -0.39 is 0 Å². The van der Waals surface area contributed by atoms with Crippen molar-refractivity contribution in [2.45, 2.75) is 51.2 Å². The van der Waals surface area contributed by atoms with Crippen molar-refractivity contribution in [2.75, 3.05) is 29.9 Å². The third kappa shape index (κ3) is 3.58. The van der Waals surface area contributed by atoms with Crippen molar-refractivity contribution in [3.8, 4) is 11.3 Å². The van der Waals surface area contributed by atoms with Crippen LogP contribution in [-0.4, -0.2) is 56.6 Å². The summed E-state index contributed by atoms with van der Waals surface area (Å²) in [5, 5.41) is 11.7. The molecule has 10 heteroatoms. The van der Waals surface area contributed by atoms with Crippen LogP contribution >= 0.6 is 11.6 Å². The Kier molecular flexibility index (Phi) is 4.88. The number of anilines is 2. The average molecular weight is 470 g/mol. The maximum Gasteiger partial charge on any atom is 0.266 e. The summed E-state index contributed by atoms with van der Waals surface area (Å²) in [4.78, 5) is 24.8. The van der Waals surface area contributed by atoms with Gasteiger partial charge in [-0.3, -0.25) is 14.5 Å². The molecule has 9 nitrogen and oxygen atoms in total. The molecule has 3 aromatic rings. The van der Waals surface area contributed by atoms with Gasteiger partial charge < -0.3 is 15.0 Å². The van der Waals surface area contributed by atoms with Gasteiger partial charge >= 0.3 is 0 Å². The molecule has 0 amide bonds. The highest BCUT2D eigenvalue weighted by atomic mass is 35.5. The molecule has 2 N–H and O–H groups in total. The van der Waals surface area contributed by atoms with Crippen molar-refractivity contribution in [3.05, 3.63) is 27.6 Å². The van der Waals surface area contributed by atoms with Crippen LogP contribution in [0.3, 0.4) is 0 Å². The lowest BCUT2D eigenvalue weighted by Crippen LogP contribution is -2.43. The van der Waals surface area contributed by atoms with Gasteiger partial charge in [-0.1, -0.05) is 11.6 Å². The summed E-state index contributed by atoms with van der Waals surface area (Å²) in [5.74, 6) is 1.29. The second-order valence-electron chi connectivity index (χ2n) is 9.82. The minimum absolute atomic E-state index is 0.138. The Morgan fingerprint density at radius 1 is 1.30 bits per heavy atom. The van der Waals surface area contributed by atoms with Crippen LogP contribution < -0.4 is 15.8 Å². The van der Waals surface area contributed by atoms with Crippen LogP contribution in [0.4, 0.5) is 11.8 Å². The topological polar surface area (TPSA) is 101 Å². The molecule has 2 aliphatic heterocycles. The van der Waals surface area contributed by atoms with Gasteiger partial charge in [-0.05, 0) is 50.5 Å². The SMILES string of the molecule is C[C@H]1CC2(CCN(c3nc4[nH]nc(-c5ccnc(NC6CC6)c5Cl)c4c(=O)n3C)CC2)CO1. The Bertz CT molecular complexity index is 1270. The zero-order valence-electron chi connectivity index (χ0n) is 18.9. The van der Waals surface area contributed by atoms with Gasteiger partial charge in [0.25, 0.3) is 5.56 Å². The Morgan fingerprint density at radius 2 is 2.09 bits per heavy atom. The molecule has 5 heterocycles. The van der Waals surface area contributed by atoms with Crippen LogP contribution in [0, 0.1) is 5.41 Å². The minimum Gasteiger partial charge on any atom is -0.378 e. The van der Waals surface area contributed by atoms with Gasteiger partial charge in [0.1, 0.15) is 16.9 Å². The summed E-state index contributed by atoms with van der Waals surface area (Å²) in [6, 6.07) is 2.21. The van der Waals surface area contributed by atoms with Crippen molar-refractivity contribution >= 4 is 34.4 Å². The maximum absolute atomic E-state index is 13.5. The highest BCUT2D eigenvalue weighted by Gasteiger charge is 2.41. The van der Waals surface area contributed by atoms with Crippen LogP contribution in [0.25, 0.3) is 22.3 Å². The number of H-pyrrole nitrogens is 1. The highest BCUT2D eigenvalue weighted by molar-refractivity contribution is 6.36. The zero-order chi connectivity index (χ0) is 22.7. The third-order valence-corrected chi connectivity index (χ3v) is 7.72. The first-order valence-electron chi connectivity index (χ1n) is 11.7. The van der Waals surface area contributed by atoms with Crippen LogP contribution in [0.15, 0.2) is 17.1 Å². The fourth-order valence-corrected chi connectivity index (χ4v) is 5.51. The summed E-state index contributed by atoms with van der Waals surface area (Å²) in [7, 11) is 1.78. The number of aromatic amines is 1. The number of rotatable bonds is 4. The Balaban J connectivity index is 1.34. The first-order chi connectivity index (χ1) is 15.9. The first kappa shape index (κ1) is 20.9. The van der Waals surface area contributed by atoms with E-state index in [9.17, 15) is 4.79 Å². The van der Waals surface area contributed by atoms with Crippen LogP contribution in [0.5, 0.6) is 0 Å². The molecule has 3 aromatic heterocycles. The van der Waals surface area contributed by atoms with Gasteiger partial charge in [-0.25, -0.2) is 4.98 Å². The van der Waals surface area contributed by atoms with Gasteiger partial charge in [0.15, 0.2) is 5.65 Å². The quantitative estimate of drug-likeness (QED) is 0.604. The summed E-state index contributed by atoms with van der Waals surface area (Å²) in [6.45, 7) is 4.70. The van der Waals surface area contributed by atoms with Gasteiger partial charge in [0.2, 0.25) is 5.95 Å². The van der Waals surface area contributed by atoms with E-state index in [0.717, 1.165) is 51.8 Å². The molecule has 0 unspecified atom stereocenters. The molecule has 1 atom stereocenters. The third-order valence-electron chi connectivity index (χ3n) is 7.34. The van der Waals surface area contributed by atoms with Crippen LogP contribution in [0.2, 0.25) is 5.02 Å². The lowest BCUT2D eigenvalue weighted by atomic mass is 9.77. The molecule has 0 radical (unpaired) electrons. The molecule has 0 bridgehead atoms. The fraction of sp³-hybridized carbons (Fsp3) is 0.565. The van der Waals surface area contributed by atoms with Gasteiger partial charge in [0, 0.05) is 37.9 Å². The molecule has 1 spiro atoms. The van der Waals surface area contributed by atoms with E-state index in [0.29, 0.717) is 51.2 Å². The largest absolute Gasteiger partial charge is 0.378 e. The number of hydrogen-bond donors (Lipinski definition) is 2. The van der Waals surface area contributed by atoms with Crippen molar-refractivity contribution in [2.24, 2.45) is 12.5 Å². The minimum atomic E-state index is -0.138. The van der Waals surface area contributed by atoms with Crippen molar-refractivity contribution in [1.29, 1.82) is 0 Å². The van der Waals surface area contributed by atoms with Crippen LogP contribution in [0.1, 0.15) is 39.0 Å². The van der Waals surface area contributed by atoms with Crippen LogP contribution in [-0.2, 0) is 11.8 Å². The molecule has 1 saturated carbocycles. The number of hydrogen-bond acceptors (Lipinski definition) is 7. The smallest absolute Gasteiger partial charge is 0.266 e. The van der Waals surface area contributed by atoms with E-state index in [2.05, 4.69) is 32.3 Å². The highest BCUT2D eigenvalue weighted by Crippen LogP contribution is 2.42. The predicted molar refractivity (Wildman–Crippen MR) is 128 cm³/mol. The molecule has 0 aromatic carbocycles. The summed E-state index contributed by atoms with van der Waals surface area (Å²) in [5.41, 5.74) is 1.78. The summed E-state index contributed by atoms with van der Waals surface area (Å²) in [6.07, 6.45) is 7.45. The number of piperidine rings is 1. The van der Waals surface area contributed by atoms with E-state index in [1.807, 2.05) is 0 Å². The van der Waals surface area contributed by atoms with Gasteiger partial charge in [-0.15, -0.1) is 0 Å². The normalized spacial score (nSPS) is 22.4. The van der Waals surface area contributed by atoms with Crippen molar-refractivity contribution < 1.29 is 4.74 Å². The second-order valence-corrected chi connectivity index (χ2v) is 10.2. The number of ether oxygens (including phenoxy) is 1. The van der Waals surface area contributed by atoms with E-state index >= 15 is 0 Å². The molecule has 174 valence electrons. The molecule has 1 aliphatic carbocycles. The number of fused-ring (bicyclic) bond motifs is 1. The Hall–Kier alpha value is -2.65. The molecule has 2 saturated heterocycles. The molecule has 6 rings (SSSR count). The fourth-order valence-electron chi connectivity index (χ4n) is 5.25. The molecule has 3 fully saturated rings. The lowest BCUT2D eigenvalue weighted by molar-refractivity contribution is 0.0974. The number of aromatic nitrogens is 5. The Labute approximate surface area is 196 Å². The lowest BCUT2D eigenvalue weighted by Gasteiger charge is -2.39. The summed E-state index contributed by atoms with van der Waals surface area (Å²) < 4.78 is 7.48. The predicted octanol–water partition coefficient (Wildman–Crippen LogP) is 3.34. The number of nitrogens with zero attached hydrogens (tertiary/aromatic N) is 5. The number of pyridine rings is 1. The first-order valence-corrected chi connectivity index (χ1v) is 12.0. The standard InChI is InChI=1S/C23H28ClN7O2/c1-13-11-23(12-33-13)6-9-31(10-7-23)22-27-19-16(21(32)30(22)2)18(28-29-19)15-5-8-25-20(17(15)24)26-14-3-4-14/h5,8,13-14H,3-4,6-7,9-12H2,1-2H3,(H,25,26)(H,28,29)/t13-/m0/s1. The van der Waals surface area contributed by atoms with E-state index in [1.54, 1.807) is 23.9 Å². The Morgan fingerprint density at radius 3 is 2.79 bits per heavy atom.